The fourth-order valence-corrected chi connectivity index (χ4v) is 4.45. The zero-order chi connectivity index (χ0) is 16.8. The fourth-order valence-electron chi connectivity index (χ4n) is 2.55. The van der Waals surface area contributed by atoms with Crippen molar-refractivity contribution in [3.63, 3.8) is 0 Å². The monoisotopic (exact) mass is 356 g/mol. The van der Waals surface area contributed by atoms with Gasteiger partial charge in [0.25, 0.3) is 0 Å². The normalized spacial score (nSPS) is 12.2. The van der Waals surface area contributed by atoms with Crippen molar-refractivity contribution in [3.8, 4) is 0 Å². The number of rotatable bonds is 7. The molecule has 2 aromatic carbocycles. The number of hydrogen-bond acceptors (Lipinski definition) is 4. The van der Waals surface area contributed by atoms with Crippen LogP contribution >= 0.6 is 23.1 Å². The van der Waals surface area contributed by atoms with Gasteiger partial charge in [-0.15, -0.1) is 11.3 Å². The van der Waals surface area contributed by atoms with E-state index in [4.69, 9.17) is 0 Å². The molecule has 3 nitrogen and oxygen atoms in total. The van der Waals surface area contributed by atoms with Crippen LogP contribution in [-0.4, -0.2) is 23.2 Å². The van der Waals surface area contributed by atoms with Gasteiger partial charge in [-0.05, 0) is 24.1 Å². The van der Waals surface area contributed by atoms with Crippen molar-refractivity contribution in [2.45, 2.75) is 23.6 Å². The molecule has 3 rings (SSSR count). The minimum absolute atomic E-state index is 0.0636. The van der Waals surface area contributed by atoms with Gasteiger partial charge in [0.1, 0.15) is 0 Å². The maximum atomic E-state index is 12.1. The second-order valence-electron chi connectivity index (χ2n) is 5.56. The minimum atomic E-state index is 0.0636. The zero-order valence-electron chi connectivity index (χ0n) is 13.6. The van der Waals surface area contributed by atoms with Gasteiger partial charge in [0.15, 0.2) is 4.34 Å². The van der Waals surface area contributed by atoms with Gasteiger partial charge in [-0.3, -0.25) is 4.79 Å². The Hall–Kier alpha value is -1.85. The lowest BCUT2D eigenvalue weighted by molar-refractivity contribution is -0.118. The standard InChI is InChI=1S/C19H20N2OS2/c1-2-14(15-8-4-3-5-9-15)12-20-18(22)13-23-19-21-16-10-6-7-11-17(16)24-19/h3-11,14H,2,12-13H2,1H3,(H,20,22). The lowest BCUT2D eigenvalue weighted by Crippen LogP contribution is -2.29. The van der Waals surface area contributed by atoms with E-state index >= 15 is 0 Å². The molecule has 0 aliphatic heterocycles. The summed E-state index contributed by atoms with van der Waals surface area (Å²) in [7, 11) is 0. The van der Waals surface area contributed by atoms with Crippen LogP contribution in [0.1, 0.15) is 24.8 Å². The highest BCUT2D eigenvalue weighted by molar-refractivity contribution is 8.01. The first kappa shape index (κ1) is 17.0. The lowest BCUT2D eigenvalue weighted by atomic mass is 9.96. The topological polar surface area (TPSA) is 42.0 Å². The molecule has 5 heteroatoms. The maximum absolute atomic E-state index is 12.1. The third kappa shape index (κ3) is 4.36. The van der Waals surface area contributed by atoms with Gasteiger partial charge < -0.3 is 5.32 Å². The Bertz CT molecular complexity index is 768. The first-order chi connectivity index (χ1) is 11.8. The highest BCUT2D eigenvalue weighted by Gasteiger charge is 2.12. The molecule has 0 aliphatic carbocycles. The molecule has 0 radical (unpaired) electrons. The highest BCUT2D eigenvalue weighted by Crippen LogP contribution is 2.29. The molecule has 0 saturated carbocycles. The Labute approximate surface area is 150 Å². The van der Waals surface area contributed by atoms with Crippen LogP contribution in [0.15, 0.2) is 58.9 Å². The van der Waals surface area contributed by atoms with Crippen LogP contribution in [0.5, 0.6) is 0 Å². The Balaban J connectivity index is 1.50. The van der Waals surface area contributed by atoms with Crippen LogP contribution in [0.4, 0.5) is 0 Å². The molecular weight excluding hydrogens is 336 g/mol. The van der Waals surface area contributed by atoms with Crippen molar-refractivity contribution in [2.24, 2.45) is 0 Å². The summed E-state index contributed by atoms with van der Waals surface area (Å²) in [5, 5.41) is 3.05. The van der Waals surface area contributed by atoms with Gasteiger partial charge >= 0.3 is 0 Å². The van der Waals surface area contributed by atoms with Gasteiger partial charge in [-0.1, -0.05) is 61.2 Å². The summed E-state index contributed by atoms with van der Waals surface area (Å²) in [4.78, 5) is 16.7. The Kier molecular flexibility index (Phi) is 5.88. The number of hydrogen-bond donors (Lipinski definition) is 1. The zero-order valence-corrected chi connectivity index (χ0v) is 15.2. The van der Waals surface area contributed by atoms with Crippen molar-refractivity contribution < 1.29 is 4.79 Å². The summed E-state index contributed by atoms with van der Waals surface area (Å²) in [6.45, 7) is 2.83. The van der Waals surface area contributed by atoms with Gasteiger partial charge in [-0.2, -0.15) is 0 Å². The van der Waals surface area contributed by atoms with E-state index < -0.39 is 0 Å². The predicted molar refractivity (Wildman–Crippen MR) is 103 cm³/mol. The number of fused-ring (bicyclic) bond motifs is 1. The molecule has 24 heavy (non-hydrogen) atoms. The molecule has 0 saturated heterocycles. The smallest absolute Gasteiger partial charge is 0.230 e. The molecule has 0 spiro atoms. The number of nitrogens with zero attached hydrogens (tertiary/aromatic N) is 1. The number of nitrogens with one attached hydrogen (secondary N) is 1. The van der Waals surface area contributed by atoms with Crippen LogP contribution < -0.4 is 5.32 Å². The predicted octanol–water partition coefficient (Wildman–Crippen LogP) is 4.70. The number of carbonyl (C=O) groups excluding carboxylic acids is 1. The third-order valence-electron chi connectivity index (χ3n) is 3.91. The number of carbonyl (C=O) groups is 1. The number of benzene rings is 2. The average molecular weight is 357 g/mol. The summed E-state index contributed by atoms with van der Waals surface area (Å²) in [5.74, 6) is 0.835. The summed E-state index contributed by atoms with van der Waals surface area (Å²) < 4.78 is 2.11. The minimum Gasteiger partial charge on any atom is -0.355 e. The third-order valence-corrected chi connectivity index (χ3v) is 6.09. The fraction of sp³-hybridized carbons (Fsp3) is 0.263. The lowest BCUT2D eigenvalue weighted by Gasteiger charge is -2.16. The van der Waals surface area contributed by atoms with Gasteiger partial charge in [0.2, 0.25) is 5.91 Å². The molecule has 1 aromatic heterocycles. The largest absolute Gasteiger partial charge is 0.355 e. The van der Waals surface area contributed by atoms with Crippen molar-refractivity contribution >= 4 is 39.2 Å². The molecule has 1 atom stereocenters. The Morgan fingerprint density at radius 3 is 2.67 bits per heavy atom. The molecule has 1 heterocycles. The van der Waals surface area contributed by atoms with E-state index in [0.29, 0.717) is 18.2 Å². The van der Waals surface area contributed by atoms with Crippen molar-refractivity contribution in [1.29, 1.82) is 0 Å². The summed E-state index contributed by atoms with van der Waals surface area (Å²) in [6.07, 6.45) is 1.01. The van der Waals surface area contributed by atoms with Crippen LogP contribution in [-0.2, 0) is 4.79 Å². The van der Waals surface area contributed by atoms with Crippen molar-refractivity contribution in [3.05, 3.63) is 60.2 Å². The van der Waals surface area contributed by atoms with Crippen LogP contribution in [0.3, 0.4) is 0 Å². The Morgan fingerprint density at radius 1 is 1.17 bits per heavy atom. The maximum Gasteiger partial charge on any atom is 0.230 e. The molecule has 0 fully saturated rings. The second kappa shape index (κ2) is 8.31. The molecular formula is C19H20N2OS2. The van der Waals surface area contributed by atoms with E-state index in [9.17, 15) is 4.79 Å². The number of amides is 1. The quantitative estimate of drug-likeness (QED) is 0.624. The van der Waals surface area contributed by atoms with Crippen molar-refractivity contribution in [1.82, 2.24) is 10.3 Å². The molecule has 0 aliphatic rings. The van der Waals surface area contributed by atoms with E-state index in [1.165, 1.54) is 17.3 Å². The molecule has 124 valence electrons. The van der Waals surface area contributed by atoms with E-state index in [2.05, 4.69) is 35.4 Å². The number of thiazole rings is 1. The second-order valence-corrected chi connectivity index (χ2v) is 7.81. The molecule has 1 unspecified atom stereocenters. The summed E-state index contributed by atoms with van der Waals surface area (Å²) in [5.41, 5.74) is 2.28. The van der Waals surface area contributed by atoms with Crippen molar-refractivity contribution in [2.75, 3.05) is 12.3 Å². The van der Waals surface area contributed by atoms with Crippen LogP contribution in [0.25, 0.3) is 10.2 Å². The summed E-state index contributed by atoms with van der Waals surface area (Å²) in [6, 6.07) is 18.4. The summed E-state index contributed by atoms with van der Waals surface area (Å²) >= 11 is 3.14. The molecule has 1 amide bonds. The van der Waals surface area contributed by atoms with Gasteiger partial charge in [0, 0.05) is 12.5 Å². The van der Waals surface area contributed by atoms with E-state index in [-0.39, 0.29) is 5.91 Å². The number of thioether (sulfide) groups is 1. The van der Waals surface area contributed by atoms with E-state index in [1.54, 1.807) is 11.3 Å². The first-order valence-corrected chi connectivity index (χ1v) is 9.86. The molecule has 1 N–H and O–H groups in total. The number of aromatic nitrogens is 1. The van der Waals surface area contributed by atoms with E-state index in [1.807, 2.05) is 36.4 Å². The van der Waals surface area contributed by atoms with Gasteiger partial charge in [-0.25, -0.2) is 4.98 Å². The van der Waals surface area contributed by atoms with E-state index in [0.717, 1.165) is 21.0 Å². The van der Waals surface area contributed by atoms with Crippen LogP contribution in [0.2, 0.25) is 0 Å². The highest BCUT2D eigenvalue weighted by atomic mass is 32.2. The van der Waals surface area contributed by atoms with Crippen LogP contribution in [0, 0.1) is 0 Å². The van der Waals surface area contributed by atoms with Gasteiger partial charge in [0.05, 0.1) is 16.0 Å². The number of para-hydroxylation sites is 1. The SMILES string of the molecule is CCC(CNC(=O)CSc1nc2ccccc2s1)c1ccccc1. The average Bonchev–Trinajstić information content (AvgIpc) is 3.04. The molecule has 3 aromatic rings. The molecule has 0 bridgehead atoms. The Morgan fingerprint density at radius 2 is 1.92 bits per heavy atom. The first-order valence-electron chi connectivity index (χ1n) is 8.06.